The minimum atomic E-state index is -0.370. The number of likely N-dealkylation sites (tertiary alicyclic amines) is 1. The molecule has 0 bridgehead atoms. The number of ether oxygens (including phenoxy) is 1. The number of rotatable bonds is 4. The molecule has 0 aromatic rings. The van der Waals surface area contributed by atoms with Gasteiger partial charge in [0.05, 0.1) is 18.3 Å². The summed E-state index contributed by atoms with van der Waals surface area (Å²) >= 11 is 0. The first-order chi connectivity index (χ1) is 7.78. The average Bonchev–Trinajstić information content (AvgIpc) is 2.18. The van der Waals surface area contributed by atoms with Crippen LogP contribution in [0.15, 0.2) is 0 Å². The molecule has 0 aliphatic carbocycles. The highest BCUT2D eigenvalue weighted by atomic mass is 16.5. The van der Waals surface area contributed by atoms with Gasteiger partial charge in [-0.05, 0) is 53.0 Å². The molecule has 102 valence electrons. The molecule has 1 unspecified atom stereocenters. The second-order valence-corrected chi connectivity index (χ2v) is 6.55. The lowest BCUT2D eigenvalue weighted by atomic mass is 9.93. The number of hydrogen-bond acceptors (Lipinski definition) is 3. The van der Waals surface area contributed by atoms with Crippen LogP contribution in [0.4, 0.5) is 0 Å². The van der Waals surface area contributed by atoms with Crippen LogP contribution in [0.25, 0.3) is 0 Å². The predicted octanol–water partition coefficient (Wildman–Crippen LogP) is 2.28. The third-order valence-electron chi connectivity index (χ3n) is 3.43. The molecule has 1 fully saturated rings. The van der Waals surface area contributed by atoms with E-state index < -0.39 is 0 Å². The Hall–Kier alpha value is -0.120. The van der Waals surface area contributed by atoms with Crippen molar-refractivity contribution in [2.75, 3.05) is 19.7 Å². The van der Waals surface area contributed by atoms with Crippen LogP contribution in [-0.2, 0) is 4.74 Å². The average molecular weight is 243 g/mol. The van der Waals surface area contributed by atoms with Gasteiger partial charge in [0, 0.05) is 12.6 Å². The summed E-state index contributed by atoms with van der Waals surface area (Å²) in [6.45, 7) is 12.9. The number of aliphatic hydroxyl groups excluding tert-OH is 1. The molecule has 3 heteroatoms. The highest BCUT2D eigenvalue weighted by molar-refractivity contribution is 4.78. The molecule has 0 radical (unpaired) electrons. The normalized spacial score (nSPS) is 29.3. The molecule has 0 amide bonds. The van der Waals surface area contributed by atoms with Crippen molar-refractivity contribution < 1.29 is 9.84 Å². The monoisotopic (exact) mass is 243 g/mol. The number of hydrogen-bond donors (Lipinski definition) is 1. The number of β-amino-alcohol motifs (C(OH)–C–C–N with tert-alkyl or cyclic N) is 1. The Bertz CT molecular complexity index is 225. The zero-order valence-corrected chi connectivity index (χ0v) is 12.1. The Kier molecular flexibility index (Phi) is 5.42. The van der Waals surface area contributed by atoms with Gasteiger partial charge in [0.1, 0.15) is 0 Å². The lowest BCUT2D eigenvalue weighted by molar-refractivity contribution is -0.0612. The summed E-state index contributed by atoms with van der Waals surface area (Å²) in [6.07, 6.45) is 2.12. The van der Waals surface area contributed by atoms with Gasteiger partial charge in [-0.3, -0.25) is 4.90 Å². The van der Waals surface area contributed by atoms with Crippen molar-refractivity contribution in [2.24, 2.45) is 5.92 Å². The van der Waals surface area contributed by atoms with Crippen LogP contribution in [0.1, 0.15) is 47.5 Å². The zero-order valence-electron chi connectivity index (χ0n) is 12.1. The fourth-order valence-electron chi connectivity index (χ4n) is 2.40. The van der Waals surface area contributed by atoms with Gasteiger partial charge in [-0.2, -0.15) is 0 Å². The smallest absolute Gasteiger partial charge is 0.0900 e. The lowest BCUT2D eigenvalue weighted by Gasteiger charge is -2.37. The van der Waals surface area contributed by atoms with E-state index >= 15 is 0 Å². The minimum Gasteiger partial charge on any atom is -0.389 e. The van der Waals surface area contributed by atoms with E-state index in [1.54, 1.807) is 0 Å². The van der Waals surface area contributed by atoms with Crippen molar-refractivity contribution >= 4 is 0 Å². The van der Waals surface area contributed by atoms with Crippen LogP contribution in [-0.4, -0.2) is 47.4 Å². The van der Waals surface area contributed by atoms with Crippen molar-refractivity contribution in [3.8, 4) is 0 Å². The zero-order chi connectivity index (χ0) is 13.1. The summed E-state index contributed by atoms with van der Waals surface area (Å²) in [5.41, 5.74) is -0.164. The van der Waals surface area contributed by atoms with E-state index in [1.807, 2.05) is 20.8 Å². The summed E-state index contributed by atoms with van der Waals surface area (Å²) in [7, 11) is 0. The standard InChI is InChI=1S/C14H29NO2/c1-11-6-7-15(12(2)8-11)9-13(16)10-17-14(3,4)5/h11-13,16H,6-10H2,1-5H3/t11-,12-,13?/m0/s1. The summed E-state index contributed by atoms with van der Waals surface area (Å²) < 4.78 is 5.61. The molecule has 1 aliphatic rings. The van der Waals surface area contributed by atoms with Gasteiger partial charge in [-0.1, -0.05) is 6.92 Å². The largest absolute Gasteiger partial charge is 0.389 e. The molecule has 1 aliphatic heterocycles. The van der Waals surface area contributed by atoms with E-state index in [-0.39, 0.29) is 11.7 Å². The van der Waals surface area contributed by atoms with Gasteiger partial charge < -0.3 is 9.84 Å². The Labute approximate surface area is 106 Å². The number of nitrogens with zero attached hydrogens (tertiary/aromatic N) is 1. The van der Waals surface area contributed by atoms with Crippen LogP contribution in [0, 0.1) is 5.92 Å². The summed E-state index contributed by atoms with van der Waals surface area (Å²) in [5.74, 6) is 0.823. The highest BCUT2D eigenvalue weighted by Gasteiger charge is 2.25. The molecule has 1 N–H and O–H groups in total. The number of piperidine rings is 1. The van der Waals surface area contributed by atoms with Crippen molar-refractivity contribution in [1.29, 1.82) is 0 Å². The van der Waals surface area contributed by atoms with Gasteiger partial charge in [0.15, 0.2) is 0 Å². The molecule has 17 heavy (non-hydrogen) atoms. The molecule has 0 saturated carbocycles. The molecule has 0 aromatic carbocycles. The quantitative estimate of drug-likeness (QED) is 0.822. The molecule has 0 spiro atoms. The summed E-state index contributed by atoms with van der Waals surface area (Å²) in [6, 6.07) is 0.586. The Morgan fingerprint density at radius 3 is 2.53 bits per heavy atom. The van der Waals surface area contributed by atoms with E-state index in [9.17, 15) is 5.11 Å². The van der Waals surface area contributed by atoms with Crippen molar-refractivity contribution in [1.82, 2.24) is 4.90 Å². The van der Waals surface area contributed by atoms with Crippen LogP contribution < -0.4 is 0 Å². The topological polar surface area (TPSA) is 32.7 Å². The second-order valence-electron chi connectivity index (χ2n) is 6.55. The lowest BCUT2D eigenvalue weighted by Crippen LogP contribution is -2.45. The first-order valence-corrected chi connectivity index (χ1v) is 6.84. The van der Waals surface area contributed by atoms with Crippen LogP contribution in [0.3, 0.4) is 0 Å². The van der Waals surface area contributed by atoms with Crippen LogP contribution >= 0.6 is 0 Å². The summed E-state index contributed by atoms with van der Waals surface area (Å²) in [5, 5.41) is 9.98. The van der Waals surface area contributed by atoms with Gasteiger partial charge in [-0.25, -0.2) is 0 Å². The van der Waals surface area contributed by atoms with E-state index in [0.717, 1.165) is 19.0 Å². The van der Waals surface area contributed by atoms with Crippen LogP contribution in [0.5, 0.6) is 0 Å². The SMILES string of the molecule is C[C@H]1CCN(CC(O)COC(C)(C)C)[C@@H](C)C1. The van der Waals surface area contributed by atoms with Crippen molar-refractivity contribution in [3.05, 3.63) is 0 Å². The van der Waals surface area contributed by atoms with Gasteiger partial charge >= 0.3 is 0 Å². The molecule has 1 saturated heterocycles. The molecular formula is C14H29NO2. The van der Waals surface area contributed by atoms with Crippen molar-refractivity contribution in [2.45, 2.75) is 65.2 Å². The second kappa shape index (κ2) is 6.17. The van der Waals surface area contributed by atoms with Gasteiger partial charge in [0.2, 0.25) is 0 Å². The number of aliphatic hydroxyl groups is 1. The van der Waals surface area contributed by atoms with Crippen molar-refractivity contribution in [3.63, 3.8) is 0 Å². The first kappa shape index (κ1) is 14.9. The molecule has 1 heterocycles. The molecular weight excluding hydrogens is 214 g/mol. The van der Waals surface area contributed by atoms with E-state index in [2.05, 4.69) is 18.7 Å². The third-order valence-corrected chi connectivity index (χ3v) is 3.43. The molecule has 0 aromatic heterocycles. The maximum Gasteiger partial charge on any atom is 0.0900 e. The third kappa shape index (κ3) is 5.84. The van der Waals surface area contributed by atoms with Gasteiger partial charge in [0.25, 0.3) is 0 Å². The van der Waals surface area contributed by atoms with E-state index in [0.29, 0.717) is 12.6 Å². The fraction of sp³-hybridized carbons (Fsp3) is 1.00. The fourth-order valence-corrected chi connectivity index (χ4v) is 2.40. The maximum absolute atomic E-state index is 9.98. The minimum absolute atomic E-state index is 0.164. The van der Waals surface area contributed by atoms with Crippen LogP contribution in [0.2, 0.25) is 0 Å². The molecule has 1 rings (SSSR count). The molecule has 3 atom stereocenters. The Balaban J connectivity index is 2.28. The maximum atomic E-state index is 9.98. The Morgan fingerprint density at radius 1 is 1.35 bits per heavy atom. The van der Waals surface area contributed by atoms with Gasteiger partial charge in [-0.15, -0.1) is 0 Å². The van der Waals surface area contributed by atoms with E-state index in [4.69, 9.17) is 4.74 Å². The summed E-state index contributed by atoms with van der Waals surface area (Å²) in [4.78, 5) is 2.39. The highest BCUT2D eigenvalue weighted by Crippen LogP contribution is 2.22. The Morgan fingerprint density at radius 2 is 2.00 bits per heavy atom. The predicted molar refractivity (Wildman–Crippen MR) is 71.1 cm³/mol. The van der Waals surface area contributed by atoms with E-state index in [1.165, 1.54) is 12.8 Å². The molecule has 3 nitrogen and oxygen atoms in total. The first-order valence-electron chi connectivity index (χ1n) is 6.84.